The second-order valence-electron chi connectivity index (χ2n) is 6.66. The van der Waals surface area contributed by atoms with Crippen LogP contribution >= 0.6 is 0 Å². The molecule has 1 aliphatic rings. The quantitative estimate of drug-likeness (QED) is 0.752. The molecule has 2 atom stereocenters. The number of unbranched alkanes of at least 4 members (excludes halogenated alkanes) is 1. The van der Waals surface area contributed by atoms with Crippen molar-refractivity contribution in [1.29, 1.82) is 0 Å². The van der Waals surface area contributed by atoms with Crippen molar-refractivity contribution < 1.29 is 18.3 Å². The highest BCUT2D eigenvalue weighted by Crippen LogP contribution is 2.36. The maximum Gasteiger partial charge on any atom is 0.416 e. The number of hydrogen-bond acceptors (Lipinski definition) is 2. The van der Waals surface area contributed by atoms with E-state index in [0.29, 0.717) is 31.2 Å². The topological polar surface area (TPSA) is 33.1 Å². The number of pyridine rings is 1. The number of aliphatic hydroxyl groups is 1. The number of benzene rings is 1. The number of nitrogens with zero attached hydrogens (tertiary/aromatic N) is 1. The van der Waals surface area contributed by atoms with Gasteiger partial charge < -0.3 is 5.11 Å². The molecule has 1 N–H and O–H groups in total. The third-order valence-electron chi connectivity index (χ3n) is 4.99. The third-order valence-corrected chi connectivity index (χ3v) is 4.99. The van der Waals surface area contributed by atoms with E-state index in [-0.39, 0.29) is 5.92 Å². The standard InChI is InChI=1S/C20H22F3NO/c21-20(22,23)17-9-3-1-6-14(17)7-2-4-10-18(25)16-12-11-15-8-5-13-24-19(15)16/h1,3,5-6,8-9,13,16,18,25H,2,4,7,10-12H2. The number of hydrogen-bond donors (Lipinski definition) is 1. The van der Waals surface area contributed by atoms with Crippen LogP contribution in [0, 0.1) is 0 Å². The Morgan fingerprint density at radius 3 is 2.72 bits per heavy atom. The van der Waals surface area contributed by atoms with Crippen molar-refractivity contribution in [1.82, 2.24) is 4.98 Å². The summed E-state index contributed by atoms with van der Waals surface area (Å²) in [6.07, 6.45) is 1.09. The number of rotatable bonds is 6. The maximum absolute atomic E-state index is 13.0. The van der Waals surface area contributed by atoms with Gasteiger partial charge in [-0.15, -0.1) is 0 Å². The van der Waals surface area contributed by atoms with E-state index in [1.165, 1.54) is 17.7 Å². The third kappa shape index (κ3) is 4.21. The second-order valence-corrected chi connectivity index (χ2v) is 6.66. The molecule has 0 aliphatic heterocycles. The summed E-state index contributed by atoms with van der Waals surface area (Å²) in [6, 6.07) is 9.68. The smallest absolute Gasteiger partial charge is 0.392 e. The summed E-state index contributed by atoms with van der Waals surface area (Å²) >= 11 is 0. The number of aromatic nitrogens is 1. The summed E-state index contributed by atoms with van der Waals surface area (Å²) < 4.78 is 39.0. The number of fused-ring (bicyclic) bond motifs is 1. The molecule has 0 saturated carbocycles. The van der Waals surface area contributed by atoms with Crippen molar-refractivity contribution in [3.63, 3.8) is 0 Å². The van der Waals surface area contributed by atoms with E-state index in [0.717, 1.165) is 24.6 Å². The Bertz CT molecular complexity index is 714. The van der Waals surface area contributed by atoms with Crippen LogP contribution in [-0.4, -0.2) is 16.2 Å². The lowest BCUT2D eigenvalue weighted by Gasteiger charge is -2.18. The van der Waals surface area contributed by atoms with Gasteiger partial charge in [-0.05, 0) is 55.4 Å². The Balaban J connectivity index is 1.51. The summed E-state index contributed by atoms with van der Waals surface area (Å²) in [5.74, 6) is 0.0543. The van der Waals surface area contributed by atoms with Crippen molar-refractivity contribution in [3.05, 3.63) is 65.0 Å². The Morgan fingerprint density at radius 2 is 1.92 bits per heavy atom. The molecule has 0 radical (unpaired) electrons. The molecular formula is C20H22F3NO. The molecule has 2 nitrogen and oxygen atoms in total. The van der Waals surface area contributed by atoms with Crippen molar-refractivity contribution in [3.8, 4) is 0 Å². The molecule has 25 heavy (non-hydrogen) atoms. The van der Waals surface area contributed by atoms with E-state index in [2.05, 4.69) is 4.98 Å². The van der Waals surface area contributed by atoms with Crippen LogP contribution in [0.15, 0.2) is 42.6 Å². The Hall–Kier alpha value is -1.88. The van der Waals surface area contributed by atoms with Crippen LogP contribution in [0.1, 0.15) is 54.0 Å². The van der Waals surface area contributed by atoms with Gasteiger partial charge >= 0.3 is 6.18 Å². The van der Waals surface area contributed by atoms with Gasteiger partial charge in [0.15, 0.2) is 0 Å². The van der Waals surface area contributed by atoms with E-state index in [4.69, 9.17) is 0 Å². The molecule has 2 aromatic rings. The molecule has 5 heteroatoms. The molecule has 1 heterocycles. The van der Waals surface area contributed by atoms with Gasteiger partial charge in [-0.3, -0.25) is 4.98 Å². The molecule has 1 aliphatic carbocycles. The lowest BCUT2D eigenvalue weighted by atomic mass is 9.94. The zero-order valence-electron chi connectivity index (χ0n) is 14.0. The first-order valence-corrected chi connectivity index (χ1v) is 8.74. The molecule has 0 amide bonds. The minimum Gasteiger partial charge on any atom is -0.392 e. The van der Waals surface area contributed by atoms with Gasteiger partial charge in [0.1, 0.15) is 0 Å². The monoisotopic (exact) mass is 349 g/mol. The number of halogens is 3. The highest BCUT2D eigenvalue weighted by atomic mass is 19.4. The van der Waals surface area contributed by atoms with Crippen LogP contribution in [0.3, 0.4) is 0 Å². The SMILES string of the molecule is OC(CCCCc1ccccc1C(F)(F)F)C1CCc2cccnc21. The van der Waals surface area contributed by atoms with Crippen LogP contribution in [-0.2, 0) is 19.0 Å². The van der Waals surface area contributed by atoms with Crippen molar-refractivity contribution in [2.45, 2.75) is 56.7 Å². The second kappa shape index (κ2) is 7.56. The number of aliphatic hydroxyl groups excluding tert-OH is 1. The van der Waals surface area contributed by atoms with Gasteiger partial charge in [0.25, 0.3) is 0 Å². The highest BCUT2D eigenvalue weighted by Gasteiger charge is 2.33. The average Bonchev–Trinajstić information content (AvgIpc) is 3.02. The largest absolute Gasteiger partial charge is 0.416 e. The molecular weight excluding hydrogens is 327 g/mol. The predicted molar refractivity (Wildman–Crippen MR) is 90.3 cm³/mol. The van der Waals surface area contributed by atoms with Gasteiger partial charge in [0.2, 0.25) is 0 Å². The Labute approximate surface area is 145 Å². The fourth-order valence-corrected chi connectivity index (χ4v) is 3.70. The lowest BCUT2D eigenvalue weighted by Crippen LogP contribution is -2.17. The number of aryl methyl sites for hydroxylation is 2. The normalized spacial score (nSPS) is 18.2. The van der Waals surface area contributed by atoms with E-state index in [1.54, 1.807) is 12.3 Å². The van der Waals surface area contributed by atoms with Crippen LogP contribution < -0.4 is 0 Å². The first kappa shape index (κ1) is 17.9. The van der Waals surface area contributed by atoms with E-state index >= 15 is 0 Å². The molecule has 0 fully saturated rings. The summed E-state index contributed by atoms with van der Waals surface area (Å²) in [5.41, 5.74) is 1.96. The molecule has 0 spiro atoms. The summed E-state index contributed by atoms with van der Waals surface area (Å²) in [4.78, 5) is 4.39. The fourth-order valence-electron chi connectivity index (χ4n) is 3.70. The fraction of sp³-hybridized carbons (Fsp3) is 0.450. The summed E-state index contributed by atoms with van der Waals surface area (Å²) in [7, 11) is 0. The Kier molecular flexibility index (Phi) is 5.42. The molecule has 0 bridgehead atoms. The van der Waals surface area contributed by atoms with Crippen molar-refractivity contribution in [2.75, 3.05) is 0 Å². The first-order chi connectivity index (χ1) is 12.0. The molecule has 134 valence electrons. The van der Waals surface area contributed by atoms with Gasteiger partial charge in [-0.25, -0.2) is 0 Å². The van der Waals surface area contributed by atoms with Gasteiger partial charge in [-0.2, -0.15) is 13.2 Å². The van der Waals surface area contributed by atoms with Crippen LogP contribution in [0.4, 0.5) is 13.2 Å². The molecule has 3 rings (SSSR count). The lowest BCUT2D eigenvalue weighted by molar-refractivity contribution is -0.138. The predicted octanol–water partition coefficient (Wildman–Crippen LogP) is 4.90. The number of alkyl halides is 3. The molecule has 2 unspecified atom stereocenters. The maximum atomic E-state index is 13.0. The highest BCUT2D eigenvalue weighted by molar-refractivity contribution is 5.30. The van der Waals surface area contributed by atoms with Crippen molar-refractivity contribution >= 4 is 0 Å². The van der Waals surface area contributed by atoms with Gasteiger partial charge in [-0.1, -0.05) is 30.7 Å². The zero-order chi connectivity index (χ0) is 17.9. The van der Waals surface area contributed by atoms with Gasteiger partial charge in [0, 0.05) is 17.8 Å². The molecule has 1 aromatic heterocycles. The molecule has 1 aromatic carbocycles. The van der Waals surface area contributed by atoms with E-state index in [1.807, 2.05) is 12.1 Å². The average molecular weight is 349 g/mol. The van der Waals surface area contributed by atoms with Gasteiger partial charge in [0.05, 0.1) is 11.7 Å². The van der Waals surface area contributed by atoms with Crippen LogP contribution in [0.5, 0.6) is 0 Å². The van der Waals surface area contributed by atoms with Crippen LogP contribution in [0.2, 0.25) is 0 Å². The van der Waals surface area contributed by atoms with Crippen LogP contribution in [0.25, 0.3) is 0 Å². The van der Waals surface area contributed by atoms with Crippen molar-refractivity contribution in [2.24, 2.45) is 0 Å². The zero-order valence-corrected chi connectivity index (χ0v) is 14.0. The summed E-state index contributed by atoms with van der Waals surface area (Å²) in [6.45, 7) is 0. The first-order valence-electron chi connectivity index (χ1n) is 8.74. The minimum absolute atomic E-state index is 0.0543. The van der Waals surface area contributed by atoms with E-state index < -0.39 is 17.8 Å². The van der Waals surface area contributed by atoms with E-state index in [9.17, 15) is 18.3 Å². The summed E-state index contributed by atoms with van der Waals surface area (Å²) in [5, 5.41) is 10.5. The Morgan fingerprint density at radius 1 is 1.12 bits per heavy atom. The minimum atomic E-state index is -4.31. The molecule has 0 saturated heterocycles.